The number of hydrogen-bond acceptors (Lipinski definition) is 6. The first-order valence-electron chi connectivity index (χ1n) is 8.90. The van der Waals surface area contributed by atoms with Crippen molar-refractivity contribution in [2.24, 2.45) is 5.92 Å². The second-order valence-electron chi connectivity index (χ2n) is 6.75. The van der Waals surface area contributed by atoms with Crippen LogP contribution in [0.5, 0.6) is 5.88 Å². The van der Waals surface area contributed by atoms with E-state index in [1.54, 1.807) is 6.33 Å². The highest BCUT2D eigenvalue weighted by Crippen LogP contribution is 2.30. The lowest BCUT2D eigenvalue weighted by Gasteiger charge is -2.29. The van der Waals surface area contributed by atoms with Gasteiger partial charge in [-0.3, -0.25) is 4.79 Å². The molecule has 1 aliphatic carbocycles. The highest BCUT2D eigenvalue weighted by Gasteiger charge is 2.34. The molecule has 3 fully saturated rings. The molecule has 1 aromatic heterocycles. The second kappa shape index (κ2) is 6.93. The van der Waals surface area contributed by atoms with Crippen LogP contribution in [0.4, 0.5) is 5.82 Å². The quantitative estimate of drug-likeness (QED) is 0.822. The molecule has 0 radical (unpaired) electrons. The third-order valence-electron chi connectivity index (χ3n) is 5.16. The summed E-state index contributed by atoms with van der Waals surface area (Å²) in [5.74, 6) is 2.04. The summed E-state index contributed by atoms with van der Waals surface area (Å²) in [6.45, 7) is 4.59. The molecule has 0 N–H and O–H groups in total. The van der Waals surface area contributed by atoms with Gasteiger partial charge in [0.1, 0.15) is 18.2 Å². The van der Waals surface area contributed by atoms with E-state index in [4.69, 9.17) is 9.47 Å². The molecule has 2 aliphatic heterocycles. The van der Waals surface area contributed by atoms with Crippen LogP contribution in [-0.2, 0) is 9.53 Å². The Bertz CT molecular complexity index is 587. The van der Waals surface area contributed by atoms with Gasteiger partial charge in [-0.25, -0.2) is 9.97 Å². The standard InChI is InChI=1S/C17H24N4O3/c22-17(13-2-1-3-13)21-5-4-14(11-21)24-16-10-15(18-12-19-16)20-6-8-23-9-7-20/h10,12-14H,1-9,11H2/t14-/m1/s1. The van der Waals surface area contributed by atoms with E-state index in [-0.39, 0.29) is 12.0 Å². The Morgan fingerprint density at radius 3 is 2.75 bits per heavy atom. The van der Waals surface area contributed by atoms with Gasteiger partial charge in [0.15, 0.2) is 0 Å². The molecule has 0 unspecified atom stereocenters. The average molecular weight is 332 g/mol. The van der Waals surface area contributed by atoms with E-state index in [1.807, 2.05) is 11.0 Å². The number of hydrogen-bond donors (Lipinski definition) is 0. The Kier molecular flexibility index (Phi) is 4.51. The molecule has 3 aliphatic rings. The van der Waals surface area contributed by atoms with Gasteiger partial charge in [0, 0.05) is 38.0 Å². The minimum absolute atomic E-state index is 0.0291. The predicted molar refractivity (Wildman–Crippen MR) is 88.0 cm³/mol. The first-order chi connectivity index (χ1) is 11.8. The maximum atomic E-state index is 12.3. The summed E-state index contributed by atoms with van der Waals surface area (Å²) in [7, 11) is 0. The Hall–Kier alpha value is -1.89. The van der Waals surface area contributed by atoms with Crippen molar-refractivity contribution in [3.63, 3.8) is 0 Å². The number of anilines is 1. The number of carbonyl (C=O) groups excluding carboxylic acids is 1. The monoisotopic (exact) mass is 332 g/mol. The Morgan fingerprint density at radius 1 is 1.17 bits per heavy atom. The largest absolute Gasteiger partial charge is 0.472 e. The molecule has 1 atom stereocenters. The molecular formula is C17H24N4O3. The van der Waals surface area contributed by atoms with Crippen molar-refractivity contribution in [2.75, 3.05) is 44.3 Å². The molecule has 2 saturated heterocycles. The first kappa shape index (κ1) is 15.6. The lowest BCUT2D eigenvalue weighted by atomic mass is 9.84. The van der Waals surface area contributed by atoms with Crippen molar-refractivity contribution in [1.29, 1.82) is 0 Å². The van der Waals surface area contributed by atoms with Crippen LogP contribution < -0.4 is 9.64 Å². The van der Waals surface area contributed by atoms with Gasteiger partial charge in [-0.15, -0.1) is 0 Å². The van der Waals surface area contributed by atoms with Gasteiger partial charge in [-0.1, -0.05) is 6.42 Å². The van der Waals surface area contributed by atoms with Gasteiger partial charge in [0.25, 0.3) is 0 Å². The molecule has 130 valence electrons. The van der Waals surface area contributed by atoms with E-state index in [0.717, 1.165) is 57.9 Å². The Labute approximate surface area is 142 Å². The third-order valence-corrected chi connectivity index (χ3v) is 5.16. The van der Waals surface area contributed by atoms with Crippen LogP contribution in [0.2, 0.25) is 0 Å². The minimum Gasteiger partial charge on any atom is -0.472 e. The maximum absolute atomic E-state index is 12.3. The summed E-state index contributed by atoms with van der Waals surface area (Å²) in [5, 5.41) is 0. The number of rotatable bonds is 4. The van der Waals surface area contributed by atoms with Crippen LogP contribution in [0.3, 0.4) is 0 Å². The van der Waals surface area contributed by atoms with Crippen molar-refractivity contribution in [2.45, 2.75) is 31.8 Å². The first-order valence-corrected chi connectivity index (χ1v) is 8.90. The summed E-state index contributed by atoms with van der Waals surface area (Å²) < 4.78 is 11.4. The molecule has 7 nitrogen and oxygen atoms in total. The van der Waals surface area contributed by atoms with Crippen molar-refractivity contribution in [3.8, 4) is 5.88 Å². The van der Waals surface area contributed by atoms with E-state index in [2.05, 4.69) is 14.9 Å². The number of aromatic nitrogens is 2. The third kappa shape index (κ3) is 3.31. The topological polar surface area (TPSA) is 67.8 Å². The lowest BCUT2D eigenvalue weighted by molar-refractivity contribution is -0.137. The van der Waals surface area contributed by atoms with E-state index < -0.39 is 0 Å². The average Bonchev–Trinajstić information content (AvgIpc) is 3.03. The van der Waals surface area contributed by atoms with E-state index >= 15 is 0 Å². The number of morpholine rings is 1. The molecule has 0 spiro atoms. The maximum Gasteiger partial charge on any atom is 0.225 e. The highest BCUT2D eigenvalue weighted by molar-refractivity contribution is 5.79. The fourth-order valence-corrected chi connectivity index (χ4v) is 3.47. The summed E-state index contributed by atoms with van der Waals surface area (Å²) >= 11 is 0. The Balaban J connectivity index is 1.34. The van der Waals surface area contributed by atoms with Gasteiger partial charge < -0.3 is 19.3 Å². The smallest absolute Gasteiger partial charge is 0.225 e. The van der Waals surface area contributed by atoms with E-state index in [1.165, 1.54) is 6.42 Å². The molecule has 1 aromatic rings. The summed E-state index contributed by atoms with van der Waals surface area (Å²) in [6.07, 6.45) is 5.74. The molecule has 0 bridgehead atoms. The molecule has 1 saturated carbocycles. The fraction of sp³-hybridized carbons (Fsp3) is 0.706. The van der Waals surface area contributed by atoms with Crippen LogP contribution in [0.25, 0.3) is 0 Å². The van der Waals surface area contributed by atoms with Crippen LogP contribution in [0, 0.1) is 5.92 Å². The number of carbonyl (C=O) groups is 1. The second-order valence-corrected chi connectivity index (χ2v) is 6.75. The fourth-order valence-electron chi connectivity index (χ4n) is 3.47. The van der Waals surface area contributed by atoms with Gasteiger partial charge in [-0.2, -0.15) is 0 Å². The molecular weight excluding hydrogens is 308 g/mol. The SMILES string of the molecule is O=C(C1CCC1)N1CC[C@@H](Oc2cc(N3CCOCC3)ncn2)C1. The van der Waals surface area contributed by atoms with Crippen LogP contribution in [0.15, 0.2) is 12.4 Å². The minimum atomic E-state index is 0.0291. The molecule has 3 heterocycles. The van der Waals surface area contributed by atoms with Gasteiger partial charge in [0.2, 0.25) is 11.8 Å². The molecule has 7 heteroatoms. The zero-order valence-electron chi connectivity index (χ0n) is 13.9. The molecule has 1 amide bonds. The summed E-state index contributed by atoms with van der Waals surface area (Å²) in [6, 6.07) is 1.89. The highest BCUT2D eigenvalue weighted by atomic mass is 16.5. The zero-order valence-corrected chi connectivity index (χ0v) is 13.9. The molecule has 24 heavy (non-hydrogen) atoms. The van der Waals surface area contributed by atoms with Crippen LogP contribution in [-0.4, -0.2) is 66.3 Å². The van der Waals surface area contributed by atoms with Crippen molar-refractivity contribution in [3.05, 3.63) is 12.4 Å². The van der Waals surface area contributed by atoms with Crippen molar-refractivity contribution in [1.82, 2.24) is 14.9 Å². The lowest BCUT2D eigenvalue weighted by Crippen LogP contribution is -2.38. The number of amides is 1. The van der Waals surface area contributed by atoms with Crippen molar-refractivity contribution < 1.29 is 14.3 Å². The van der Waals surface area contributed by atoms with Crippen LogP contribution >= 0.6 is 0 Å². The summed E-state index contributed by atoms with van der Waals surface area (Å²) in [5.41, 5.74) is 0. The number of likely N-dealkylation sites (tertiary alicyclic amines) is 1. The van der Waals surface area contributed by atoms with Crippen molar-refractivity contribution >= 4 is 11.7 Å². The van der Waals surface area contributed by atoms with Gasteiger partial charge in [-0.05, 0) is 12.8 Å². The van der Waals surface area contributed by atoms with Gasteiger partial charge in [0.05, 0.1) is 19.8 Å². The predicted octanol–water partition coefficient (Wildman–Crippen LogP) is 1.09. The Morgan fingerprint density at radius 2 is 2.00 bits per heavy atom. The number of nitrogens with zero attached hydrogens (tertiary/aromatic N) is 4. The zero-order chi connectivity index (χ0) is 16.4. The van der Waals surface area contributed by atoms with Crippen LogP contribution in [0.1, 0.15) is 25.7 Å². The molecule has 4 rings (SSSR count). The number of ether oxygens (including phenoxy) is 2. The van der Waals surface area contributed by atoms with E-state index in [0.29, 0.717) is 18.3 Å². The molecule has 0 aromatic carbocycles. The van der Waals surface area contributed by atoms with Gasteiger partial charge >= 0.3 is 0 Å². The summed E-state index contributed by atoms with van der Waals surface area (Å²) in [4.78, 5) is 25.0. The van der Waals surface area contributed by atoms with E-state index in [9.17, 15) is 4.79 Å². The normalized spacial score (nSPS) is 24.8.